The van der Waals surface area contributed by atoms with Crippen molar-refractivity contribution >= 4 is 28.5 Å². The number of aliphatic hydroxyl groups excluding tert-OH is 6. The number of amides is 1. The molecule has 6 heterocycles. The average molecular weight is 1110 g/mol. The van der Waals surface area contributed by atoms with Crippen LogP contribution in [0.1, 0.15) is 60.6 Å². The van der Waals surface area contributed by atoms with Gasteiger partial charge in [0.05, 0.1) is 42.1 Å². The van der Waals surface area contributed by atoms with Crippen LogP contribution in [0.3, 0.4) is 0 Å². The lowest BCUT2D eigenvalue weighted by molar-refractivity contribution is -0.306. The van der Waals surface area contributed by atoms with E-state index in [9.17, 15) is 50.1 Å². The van der Waals surface area contributed by atoms with Crippen molar-refractivity contribution in [2.45, 2.75) is 174 Å². The third-order valence-electron chi connectivity index (χ3n) is 15.7. The van der Waals surface area contributed by atoms with Gasteiger partial charge in [0.25, 0.3) is 5.91 Å². The number of halogens is 1. The molecular weight excluding hydrogens is 1030 g/mol. The van der Waals surface area contributed by atoms with Crippen LogP contribution in [0.2, 0.25) is 0 Å². The number of piperazine rings is 1. The van der Waals surface area contributed by atoms with Crippen molar-refractivity contribution in [2.24, 2.45) is 34.4 Å². The number of carbonyl (C=O) groups excluding carboxylic acids is 1. The van der Waals surface area contributed by atoms with E-state index in [0.717, 1.165) is 44.7 Å². The third-order valence-corrected chi connectivity index (χ3v) is 15.7. The highest BCUT2D eigenvalue weighted by Crippen LogP contribution is 2.39. The van der Waals surface area contributed by atoms with E-state index in [1.54, 1.807) is 21.5 Å². The average Bonchev–Trinajstić information content (AvgIpc) is 4.20. The number of carbonyl (C=O) groups is 2. The van der Waals surface area contributed by atoms with E-state index in [2.05, 4.69) is 20.5 Å². The Morgan fingerprint density at radius 2 is 1.35 bits per heavy atom. The quantitative estimate of drug-likeness (QED) is 0.0468. The van der Waals surface area contributed by atoms with Crippen LogP contribution in [-0.2, 0) is 46.3 Å². The summed E-state index contributed by atoms with van der Waals surface area (Å²) >= 11 is 0. The zero-order chi connectivity index (χ0) is 55.9. The van der Waals surface area contributed by atoms with E-state index in [1.165, 1.54) is 6.20 Å². The topological polar surface area (TPSA) is 458 Å². The number of pyridine rings is 1. The molecule has 78 heavy (non-hydrogen) atoms. The smallest absolute Gasteiger partial charge is 0.341 e. The molecule has 19 atom stereocenters. The van der Waals surface area contributed by atoms with Gasteiger partial charge in [-0.15, -0.1) is 5.10 Å². The fourth-order valence-electron chi connectivity index (χ4n) is 10.9. The Kier molecular flexibility index (Phi) is 18.4. The van der Waals surface area contributed by atoms with Crippen molar-refractivity contribution in [3.63, 3.8) is 0 Å². The van der Waals surface area contributed by atoms with Gasteiger partial charge in [-0.3, -0.25) is 19.2 Å². The number of aromatic nitrogens is 4. The molecule has 0 bridgehead atoms. The standard InChI is InChI=1S/C48H74FN13O16/c49-24-12-22-27(62(21-4-5-21)19-23(33(22)63)45(71)72)14-28(24)60-10-8-59(9-11-60)6-2-1-3-7-61-18-20(57-58-61)17-56-44(70)43-42(76-47-32(55)38(68)36(66)30(16-51)74-47)39(69)48(78-43)77-41-34(64)25(52)13-26(53)40(41)75-46-31(54)37(67)35(65)29(15-50)73-46/h12,14,18-19,21,25-26,29-32,34-43,46-48,64-69H,1-11,13,15-17,50-55H2,(H,56,70)(H,71,72)/t25-,26+,29-,30+,31-,32-,34+,35-,36-,37-,38-,39-,40-,41+,42+,43+,46-,47-,48-/m1/s1. The minimum absolute atomic E-state index is 0.0106. The lowest BCUT2D eigenvalue weighted by Crippen LogP contribution is -2.68. The second kappa shape index (κ2) is 24.7. The number of aliphatic hydroxyl groups is 6. The number of rotatable bonds is 20. The summed E-state index contributed by atoms with van der Waals surface area (Å²) in [6.45, 7) is 3.25. The molecule has 30 heteroatoms. The summed E-state index contributed by atoms with van der Waals surface area (Å²) in [5.41, 5.74) is 36.9. The maximum atomic E-state index is 15.5. The Morgan fingerprint density at radius 1 is 0.731 bits per heavy atom. The van der Waals surface area contributed by atoms with Gasteiger partial charge in [0, 0.05) is 75.5 Å². The molecule has 2 aliphatic carbocycles. The molecule has 29 nitrogen and oxygen atoms in total. The van der Waals surface area contributed by atoms with E-state index in [4.69, 9.17) is 62.8 Å². The van der Waals surface area contributed by atoms with E-state index in [-0.39, 0.29) is 43.0 Å². The van der Waals surface area contributed by atoms with Crippen molar-refractivity contribution in [1.29, 1.82) is 0 Å². The fraction of sp³-hybridized carbons (Fsp3) is 0.729. The first-order valence-corrected chi connectivity index (χ1v) is 26.5. The number of nitrogens with two attached hydrogens (primary N) is 6. The minimum atomic E-state index is -1.84. The van der Waals surface area contributed by atoms with Crippen LogP contribution in [0.25, 0.3) is 10.9 Å². The SMILES string of the molecule is NC[C@@H]1O[C@H](O[C@H]2[C@@H](O)[C@H](O[C@H]3[C@@H](O)[C@H](N)C[C@H](N)[C@H]3O[C@H]3O[C@H](CN)[C@@H](O)[C@H](O)[C@H]3N)O[C@@H]2C(=O)NCc2cn(CCCCCN3CCN(c4cc5c(cc4F)c(=O)c(C(=O)O)cn5C4CC4)CC3)nn2)[C@H](N)[C@@H](O)[C@@H]1O. The number of benzene rings is 1. The van der Waals surface area contributed by atoms with Gasteiger partial charge in [0.2, 0.25) is 5.43 Å². The highest BCUT2D eigenvalue weighted by atomic mass is 19.1. The number of aryl methyl sites for hydroxylation is 1. The van der Waals surface area contributed by atoms with Gasteiger partial charge in [0.1, 0.15) is 78.1 Å². The number of hydrogen-bond acceptors (Lipinski definition) is 25. The lowest BCUT2D eigenvalue weighted by atomic mass is 9.84. The monoisotopic (exact) mass is 1110 g/mol. The molecule has 2 aromatic heterocycles. The van der Waals surface area contributed by atoms with Crippen LogP contribution in [0.5, 0.6) is 0 Å². The number of fused-ring (bicyclic) bond motifs is 1. The van der Waals surface area contributed by atoms with E-state index in [0.29, 0.717) is 49.6 Å². The number of nitrogens with zero attached hydrogens (tertiary/aromatic N) is 6. The number of aromatic carboxylic acids is 1. The Labute approximate surface area is 446 Å². The minimum Gasteiger partial charge on any atom is -0.477 e. The number of hydrogen-bond donors (Lipinski definition) is 14. The number of nitrogens with one attached hydrogen (secondary N) is 1. The molecule has 4 aliphatic heterocycles. The summed E-state index contributed by atoms with van der Waals surface area (Å²) in [5, 5.41) is 86.3. The van der Waals surface area contributed by atoms with Crippen molar-refractivity contribution in [3.8, 4) is 0 Å². The van der Waals surface area contributed by atoms with Gasteiger partial charge in [0.15, 0.2) is 25.0 Å². The fourth-order valence-corrected chi connectivity index (χ4v) is 10.9. The summed E-state index contributed by atoms with van der Waals surface area (Å²) < 4.78 is 54.9. The zero-order valence-electron chi connectivity index (χ0n) is 42.8. The molecule has 2 saturated carbocycles. The molecule has 6 aliphatic rings. The Morgan fingerprint density at radius 3 is 1.96 bits per heavy atom. The van der Waals surface area contributed by atoms with Gasteiger partial charge in [-0.25, -0.2) is 9.18 Å². The number of carboxylic acids is 1. The third kappa shape index (κ3) is 12.2. The first kappa shape index (κ1) is 58.1. The Hall–Kier alpha value is -4.52. The first-order chi connectivity index (χ1) is 37.3. The van der Waals surface area contributed by atoms with E-state index >= 15 is 4.39 Å². The van der Waals surface area contributed by atoms with Gasteiger partial charge in [-0.05, 0) is 50.8 Å². The maximum Gasteiger partial charge on any atom is 0.341 e. The van der Waals surface area contributed by atoms with Crippen molar-refractivity contribution in [1.82, 2.24) is 29.8 Å². The van der Waals surface area contributed by atoms with Crippen molar-refractivity contribution < 1.29 is 78.1 Å². The molecule has 3 aromatic rings. The molecule has 434 valence electrons. The number of carboxylic acid groups (broad SMARTS) is 1. The predicted octanol–water partition coefficient (Wildman–Crippen LogP) is -6.50. The van der Waals surface area contributed by atoms with Crippen LogP contribution in [0, 0.1) is 5.82 Å². The molecular formula is C48H74FN13O16. The molecule has 0 unspecified atom stereocenters. The van der Waals surface area contributed by atoms with Crippen LogP contribution in [-0.4, -0.2) is 234 Å². The Bertz CT molecular complexity index is 2610. The first-order valence-electron chi connectivity index (χ1n) is 26.5. The lowest BCUT2D eigenvalue weighted by Gasteiger charge is -2.47. The highest BCUT2D eigenvalue weighted by Gasteiger charge is 2.56. The zero-order valence-corrected chi connectivity index (χ0v) is 42.8. The molecule has 20 N–H and O–H groups in total. The van der Waals surface area contributed by atoms with Crippen LogP contribution >= 0.6 is 0 Å². The molecule has 9 rings (SSSR count). The van der Waals surface area contributed by atoms with Gasteiger partial charge in [-0.2, -0.15) is 0 Å². The summed E-state index contributed by atoms with van der Waals surface area (Å²) in [5.74, 6) is -2.73. The van der Waals surface area contributed by atoms with Crippen LogP contribution in [0.15, 0.2) is 29.3 Å². The number of ether oxygens (including phenoxy) is 6. The van der Waals surface area contributed by atoms with Crippen molar-refractivity contribution in [2.75, 3.05) is 50.7 Å². The molecule has 6 fully saturated rings. The Balaban J connectivity index is 0.785. The van der Waals surface area contributed by atoms with E-state index in [1.807, 2.05) is 4.90 Å². The summed E-state index contributed by atoms with van der Waals surface area (Å²) in [6.07, 6.45) is -15.2. The molecule has 0 spiro atoms. The van der Waals surface area contributed by atoms with Crippen molar-refractivity contribution in [3.05, 3.63) is 51.8 Å². The summed E-state index contributed by atoms with van der Waals surface area (Å²) in [6, 6.07) is -1.73. The largest absolute Gasteiger partial charge is 0.477 e. The molecule has 4 saturated heterocycles. The molecule has 1 aromatic carbocycles. The second-order valence-electron chi connectivity index (χ2n) is 21.2. The van der Waals surface area contributed by atoms with Crippen LogP contribution < -0.4 is 50.0 Å². The van der Waals surface area contributed by atoms with Gasteiger partial charge < -0.3 is 113 Å². The maximum absolute atomic E-state index is 15.5. The van der Waals surface area contributed by atoms with Gasteiger partial charge >= 0.3 is 5.97 Å². The van der Waals surface area contributed by atoms with Crippen LogP contribution in [0.4, 0.5) is 10.1 Å². The summed E-state index contributed by atoms with van der Waals surface area (Å²) in [7, 11) is 0. The highest BCUT2D eigenvalue weighted by molar-refractivity contribution is 5.93. The second-order valence-corrected chi connectivity index (χ2v) is 21.2. The van der Waals surface area contributed by atoms with Gasteiger partial charge in [-0.1, -0.05) is 11.6 Å². The number of unbranched alkanes of at least 4 members (excludes halogenated alkanes) is 2. The molecule has 1 amide bonds. The van der Waals surface area contributed by atoms with E-state index < -0.39 is 139 Å². The normalized spacial score (nSPS) is 36.8. The molecule has 0 radical (unpaired) electrons. The predicted molar refractivity (Wildman–Crippen MR) is 269 cm³/mol. The summed E-state index contributed by atoms with van der Waals surface area (Å²) in [4.78, 5) is 43.0. The number of anilines is 1.